The van der Waals surface area contributed by atoms with Gasteiger partial charge in [-0.1, -0.05) is 41.5 Å². The van der Waals surface area contributed by atoms with Crippen LogP contribution in [0.15, 0.2) is 0 Å². The van der Waals surface area contributed by atoms with Gasteiger partial charge in [-0.05, 0) is 59.3 Å². The molecule has 0 spiro atoms. The zero-order chi connectivity index (χ0) is 31.1. The van der Waals surface area contributed by atoms with E-state index >= 15 is 0 Å². The standard InChI is InChI=1S/3C9H16O4.Al/c3*1-4-6-13-9(5-2,7(3)10)8(11)12;/h3*4-6H2,1-3H3,(H,11,12);/q;;;+3/p-3. The van der Waals surface area contributed by atoms with Crippen molar-refractivity contribution in [3.05, 3.63) is 0 Å². The Morgan fingerprint density at radius 3 is 0.850 bits per heavy atom. The van der Waals surface area contributed by atoms with Crippen molar-refractivity contribution in [1.82, 2.24) is 0 Å². The first-order chi connectivity index (χ1) is 18.7. The van der Waals surface area contributed by atoms with E-state index in [0.717, 1.165) is 20.8 Å². The Morgan fingerprint density at radius 2 is 0.700 bits per heavy atom. The highest BCUT2D eigenvalue weighted by molar-refractivity contribution is 6.46. The third-order valence-corrected chi connectivity index (χ3v) is 7.68. The summed E-state index contributed by atoms with van der Waals surface area (Å²) in [6, 6.07) is 0. The highest BCUT2D eigenvalue weighted by Crippen LogP contribution is 2.26. The molecule has 0 aliphatic heterocycles. The van der Waals surface area contributed by atoms with E-state index in [0.29, 0.717) is 19.3 Å². The van der Waals surface area contributed by atoms with Crippen LogP contribution in [-0.2, 0) is 54.3 Å². The second kappa shape index (κ2) is 17.6. The van der Waals surface area contributed by atoms with E-state index in [1.165, 1.54) is 20.8 Å². The zero-order valence-corrected chi connectivity index (χ0v) is 26.5. The molecular weight excluding hydrogens is 543 g/mol. The van der Waals surface area contributed by atoms with Gasteiger partial charge < -0.3 is 25.6 Å². The molecule has 0 N–H and O–H groups in total. The van der Waals surface area contributed by atoms with Gasteiger partial charge in [-0.3, -0.25) is 28.8 Å². The SMILES string of the molecule is CCCOC(CC)(C(C)=O)C(=O)[O][Al]([O]C(=O)C(CC)(OCCC)C(C)=O)[O]C(=O)C(CC)(OCCC)C(C)=O. The van der Waals surface area contributed by atoms with Crippen LogP contribution in [-0.4, -0.2) is 87.0 Å². The number of Topliss-reactive ketones (excluding diaryl/α,β-unsaturated/α-hetero) is 3. The van der Waals surface area contributed by atoms with Crippen LogP contribution < -0.4 is 0 Å². The second-order valence-corrected chi connectivity index (χ2v) is 10.5. The van der Waals surface area contributed by atoms with Crippen LogP contribution in [0.5, 0.6) is 0 Å². The van der Waals surface area contributed by atoms with E-state index in [9.17, 15) is 28.8 Å². The molecule has 0 aliphatic rings. The van der Waals surface area contributed by atoms with Crippen LogP contribution in [0, 0.1) is 0 Å². The molecule has 0 radical (unpaired) electrons. The topological polar surface area (TPSA) is 158 Å². The minimum Gasteiger partial charge on any atom is -0.548 e. The minimum absolute atomic E-state index is 0.0383. The average Bonchev–Trinajstić information content (AvgIpc) is 2.90. The Kier molecular flexibility index (Phi) is 16.6. The molecule has 0 fully saturated rings. The number of carbonyl (C=O) groups is 6. The maximum atomic E-state index is 13.4. The van der Waals surface area contributed by atoms with Gasteiger partial charge in [-0.2, -0.15) is 0 Å². The molecule has 228 valence electrons. The molecule has 0 bridgehead atoms. The van der Waals surface area contributed by atoms with Gasteiger partial charge in [0.15, 0.2) is 17.3 Å². The van der Waals surface area contributed by atoms with Crippen molar-refractivity contribution in [1.29, 1.82) is 0 Å². The van der Waals surface area contributed by atoms with Crippen molar-refractivity contribution >= 4 is 50.4 Å². The van der Waals surface area contributed by atoms with Crippen molar-refractivity contribution in [2.75, 3.05) is 19.8 Å². The van der Waals surface area contributed by atoms with Crippen LogP contribution in [0.4, 0.5) is 0 Å². The van der Waals surface area contributed by atoms with E-state index in [4.69, 9.17) is 25.6 Å². The van der Waals surface area contributed by atoms with E-state index in [1.807, 2.05) is 0 Å². The molecule has 0 heterocycles. The van der Waals surface area contributed by atoms with Crippen molar-refractivity contribution in [2.24, 2.45) is 0 Å². The van der Waals surface area contributed by atoms with Gasteiger partial charge in [0.2, 0.25) is 16.8 Å². The Morgan fingerprint density at radius 1 is 0.475 bits per heavy atom. The Hall–Kier alpha value is -2.17. The molecule has 40 heavy (non-hydrogen) atoms. The summed E-state index contributed by atoms with van der Waals surface area (Å²) in [5.41, 5.74) is -6.16. The number of ketones is 3. The van der Waals surface area contributed by atoms with Crippen LogP contribution in [0.2, 0.25) is 0 Å². The number of carbonyl (C=O) groups excluding carboxylic acids is 6. The summed E-state index contributed by atoms with van der Waals surface area (Å²) >= 11 is -4.22. The molecule has 3 unspecified atom stereocenters. The van der Waals surface area contributed by atoms with Crippen LogP contribution in [0.3, 0.4) is 0 Å². The minimum atomic E-state index is -4.22. The van der Waals surface area contributed by atoms with Gasteiger partial charge in [-0.25, -0.2) is 0 Å². The third-order valence-electron chi connectivity index (χ3n) is 6.46. The molecule has 3 atom stereocenters. The zero-order valence-electron chi connectivity index (χ0n) is 25.3. The number of hydrogen-bond acceptors (Lipinski definition) is 12. The summed E-state index contributed by atoms with van der Waals surface area (Å²) in [5, 5.41) is 0. The van der Waals surface area contributed by atoms with E-state index in [2.05, 4.69) is 0 Å². The molecule has 0 saturated carbocycles. The summed E-state index contributed by atoms with van der Waals surface area (Å²) in [6.45, 7) is 13.4. The smallest absolute Gasteiger partial charge is 0.548 e. The van der Waals surface area contributed by atoms with Gasteiger partial charge in [0, 0.05) is 19.8 Å². The Balaban J connectivity index is 6.65. The Labute approximate surface area is 242 Å². The van der Waals surface area contributed by atoms with E-state index < -0.39 is 67.2 Å². The normalized spacial score (nSPS) is 15.5. The lowest BCUT2D eigenvalue weighted by molar-refractivity contribution is -0.181. The van der Waals surface area contributed by atoms with Crippen molar-refractivity contribution in [2.45, 2.75) is 118 Å². The highest BCUT2D eigenvalue weighted by Gasteiger charge is 2.60. The molecule has 0 aliphatic carbocycles. The molecule has 0 amide bonds. The van der Waals surface area contributed by atoms with E-state index in [1.54, 1.807) is 20.8 Å². The average molecular weight is 589 g/mol. The van der Waals surface area contributed by atoms with Gasteiger partial charge >= 0.3 is 33.1 Å². The van der Waals surface area contributed by atoms with Crippen molar-refractivity contribution in [3.8, 4) is 0 Å². The van der Waals surface area contributed by atoms with Gasteiger partial charge in [0.1, 0.15) is 0 Å². The van der Waals surface area contributed by atoms with Crippen molar-refractivity contribution < 1.29 is 54.3 Å². The van der Waals surface area contributed by atoms with E-state index in [-0.39, 0.29) is 39.1 Å². The lowest BCUT2D eigenvalue weighted by Crippen LogP contribution is -2.56. The maximum Gasteiger partial charge on any atom is 1.20 e. The molecule has 12 nitrogen and oxygen atoms in total. The van der Waals surface area contributed by atoms with Crippen molar-refractivity contribution in [3.63, 3.8) is 0 Å². The van der Waals surface area contributed by atoms with Gasteiger partial charge in [0.25, 0.3) is 0 Å². The fourth-order valence-corrected chi connectivity index (χ4v) is 5.09. The number of hydrogen-bond donors (Lipinski definition) is 0. The quantitative estimate of drug-likeness (QED) is 0.143. The fraction of sp³-hybridized carbons (Fsp3) is 0.778. The maximum absolute atomic E-state index is 13.4. The first kappa shape index (κ1) is 37.8. The summed E-state index contributed by atoms with van der Waals surface area (Å²) < 4.78 is 32.9. The molecule has 0 saturated heterocycles. The molecule has 0 aromatic carbocycles. The largest absolute Gasteiger partial charge is 1.20 e. The van der Waals surface area contributed by atoms with Crippen LogP contribution >= 0.6 is 0 Å². The first-order valence-electron chi connectivity index (χ1n) is 13.8. The Bertz CT molecular complexity index is 792. The summed E-state index contributed by atoms with van der Waals surface area (Å²) in [6.07, 6.45) is 1.07. The molecule has 0 rings (SSSR count). The lowest BCUT2D eigenvalue weighted by atomic mass is 9.96. The predicted molar refractivity (Wildman–Crippen MR) is 144 cm³/mol. The molecule has 0 aromatic heterocycles. The first-order valence-corrected chi connectivity index (χ1v) is 15.2. The lowest BCUT2D eigenvalue weighted by Gasteiger charge is -2.32. The second-order valence-electron chi connectivity index (χ2n) is 9.26. The number of rotatable bonds is 21. The van der Waals surface area contributed by atoms with Crippen LogP contribution in [0.25, 0.3) is 0 Å². The third kappa shape index (κ3) is 8.92. The summed E-state index contributed by atoms with van der Waals surface area (Å²) in [7, 11) is 0. The fourth-order valence-electron chi connectivity index (χ4n) is 3.85. The molecule has 13 heteroatoms. The predicted octanol–water partition coefficient (Wildman–Crippen LogP) is 3.09. The molecule has 0 aromatic rings. The van der Waals surface area contributed by atoms with Crippen LogP contribution in [0.1, 0.15) is 101 Å². The highest BCUT2D eigenvalue weighted by atomic mass is 27.3. The molecular formula is C27H45AlO12. The summed E-state index contributed by atoms with van der Waals surface area (Å²) in [5.74, 6) is -5.70. The number of ether oxygens (including phenoxy) is 3. The van der Waals surface area contributed by atoms with Gasteiger partial charge in [0.05, 0.1) is 0 Å². The summed E-state index contributed by atoms with van der Waals surface area (Å²) in [4.78, 5) is 77.7. The van der Waals surface area contributed by atoms with Gasteiger partial charge in [-0.15, -0.1) is 0 Å². The monoisotopic (exact) mass is 588 g/mol.